The highest BCUT2D eigenvalue weighted by molar-refractivity contribution is 6.30. The third-order valence-corrected chi connectivity index (χ3v) is 1.93. The minimum Gasteiger partial charge on any atom is -0.459 e. The quantitative estimate of drug-likeness (QED) is 0.447. The predicted octanol–water partition coefficient (Wildman–Crippen LogP) is 1.55. The smallest absolute Gasteiger partial charge is 0.384 e. The normalized spacial score (nSPS) is 11.1. The molecule has 0 saturated carbocycles. The standard InChI is InChI=1S/C11H9ClO3/c1-15-11(14)7-6-10(13)8-2-4-9(12)5-3-8/h2-5,10,13H,1H3. The molecule has 0 amide bonds. The number of carbonyl (C=O) groups excluding carboxylic acids is 1. The molecule has 3 nitrogen and oxygen atoms in total. The van der Waals surface area contributed by atoms with Gasteiger partial charge in [-0.1, -0.05) is 29.7 Å². The first-order valence-corrected chi connectivity index (χ1v) is 4.54. The van der Waals surface area contributed by atoms with Crippen LogP contribution in [0, 0.1) is 11.8 Å². The third-order valence-electron chi connectivity index (χ3n) is 1.68. The maximum atomic E-state index is 10.7. The number of aliphatic hydroxyl groups excluding tert-OH is 1. The molecule has 1 N–H and O–H groups in total. The van der Waals surface area contributed by atoms with Gasteiger partial charge in [0.05, 0.1) is 7.11 Å². The molecule has 0 spiro atoms. The average molecular weight is 225 g/mol. The number of benzene rings is 1. The Labute approximate surface area is 92.6 Å². The number of carbonyl (C=O) groups is 1. The van der Waals surface area contributed by atoms with E-state index in [2.05, 4.69) is 16.6 Å². The van der Waals surface area contributed by atoms with Gasteiger partial charge in [-0.3, -0.25) is 0 Å². The minimum atomic E-state index is -1.01. The highest BCUT2D eigenvalue weighted by atomic mass is 35.5. The summed E-state index contributed by atoms with van der Waals surface area (Å²) in [6.07, 6.45) is -1.01. The number of esters is 1. The first-order chi connectivity index (χ1) is 7.13. The van der Waals surface area contributed by atoms with E-state index < -0.39 is 12.1 Å². The van der Waals surface area contributed by atoms with Crippen LogP contribution in [0.5, 0.6) is 0 Å². The summed E-state index contributed by atoms with van der Waals surface area (Å²) in [5.74, 6) is 3.83. The van der Waals surface area contributed by atoms with E-state index in [1.807, 2.05) is 0 Å². The molecule has 1 aromatic rings. The number of aliphatic hydroxyl groups is 1. The molecule has 4 heteroatoms. The second-order valence-electron chi connectivity index (χ2n) is 2.72. The number of ether oxygens (including phenoxy) is 1. The van der Waals surface area contributed by atoms with Gasteiger partial charge < -0.3 is 9.84 Å². The molecule has 78 valence electrons. The van der Waals surface area contributed by atoms with E-state index in [0.717, 1.165) is 0 Å². The Morgan fingerprint density at radius 2 is 2.07 bits per heavy atom. The molecule has 0 aromatic heterocycles. The van der Waals surface area contributed by atoms with Gasteiger partial charge in [-0.25, -0.2) is 4.79 Å². The van der Waals surface area contributed by atoms with E-state index >= 15 is 0 Å². The number of methoxy groups -OCH3 is 1. The lowest BCUT2D eigenvalue weighted by Crippen LogP contribution is -1.98. The average Bonchev–Trinajstić information content (AvgIpc) is 2.26. The van der Waals surface area contributed by atoms with Crippen LogP contribution in [0.25, 0.3) is 0 Å². The van der Waals surface area contributed by atoms with Crippen LogP contribution in [0.2, 0.25) is 5.02 Å². The maximum Gasteiger partial charge on any atom is 0.384 e. The van der Waals surface area contributed by atoms with Crippen molar-refractivity contribution in [1.29, 1.82) is 0 Å². The summed E-state index contributed by atoms with van der Waals surface area (Å²) in [6, 6.07) is 6.55. The zero-order valence-corrected chi connectivity index (χ0v) is 8.78. The van der Waals surface area contributed by atoms with Gasteiger partial charge in [0.1, 0.15) is 6.10 Å². The van der Waals surface area contributed by atoms with Gasteiger partial charge >= 0.3 is 5.97 Å². The Bertz CT molecular complexity index is 400. The van der Waals surface area contributed by atoms with Crippen LogP contribution < -0.4 is 0 Å². The van der Waals surface area contributed by atoms with Crippen LogP contribution >= 0.6 is 11.6 Å². The SMILES string of the molecule is COC(=O)C#CC(O)c1ccc(Cl)cc1. The van der Waals surface area contributed by atoms with Crippen molar-refractivity contribution >= 4 is 17.6 Å². The first kappa shape index (κ1) is 11.6. The maximum absolute atomic E-state index is 10.7. The third kappa shape index (κ3) is 3.62. The van der Waals surface area contributed by atoms with Crippen molar-refractivity contribution in [2.45, 2.75) is 6.10 Å². The van der Waals surface area contributed by atoms with E-state index in [9.17, 15) is 9.90 Å². The molecule has 1 aromatic carbocycles. The summed E-state index contributed by atoms with van der Waals surface area (Å²) in [4.78, 5) is 10.7. The van der Waals surface area contributed by atoms with E-state index in [0.29, 0.717) is 10.6 Å². The molecular formula is C11H9ClO3. The van der Waals surface area contributed by atoms with E-state index in [4.69, 9.17) is 11.6 Å². The largest absolute Gasteiger partial charge is 0.459 e. The fourth-order valence-electron chi connectivity index (χ4n) is 0.907. The van der Waals surface area contributed by atoms with Crippen molar-refractivity contribution < 1.29 is 14.6 Å². The van der Waals surface area contributed by atoms with Crippen LogP contribution in [-0.2, 0) is 9.53 Å². The van der Waals surface area contributed by atoms with Crippen LogP contribution in [-0.4, -0.2) is 18.2 Å². The van der Waals surface area contributed by atoms with Crippen molar-refractivity contribution in [2.75, 3.05) is 7.11 Å². The summed E-state index contributed by atoms with van der Waals surface area (Å²) >= 11 is 5.67. The Balaban J connectivity index is 2.75. The molecule has 0 aliphatic carbocycles. The predicted molar refractivity (Wildman–Crippen MR) is 56.2 cm³/mol. The van der Waals surface area contributed by atoms with Crippen molar-refractivity contribution in [3.8, 4) is 11.8 Å². The van der Waals surface area contributed by atoms with Crippen molar-refractivity contribution in [3.05, 3.63) is 34.9 Å². The van der Waals surface area contributed by atoms with Crippen LogP contribution in [0.4, 0.5) is 0 Å². The van der Waals surface area contributed by atoms with Crippen molar-refractivity contribution in [3.63, 3.8) is 0 Å². The summed E-state index contributed by atoms with van der Waals surface area (Å²) in [7, 11) is 1.23. The highest BCUT2D eigenvalue weighted by Gasteiger charge is 2.03. The molecule has 0 radical (unpaired) electrons. The number of hydrogen-bond acceptors (Lipinski definition) is 3. The van der Waals surface area contributed by atoms with Crippen LogP contribution in [0.1, 0.15) is 11.7 Å². The van der Waals surface area contributed by atoms with Crippen LogP contribution in [0.15, 0.2) is 24.3 Å². The summed E-state index contributed by atoms with van der Waals surface area (Å²) in [5.41, 5.74) is 0.579. The van der Waals surface area contributed by atoms with Gasteiger partial charge in [0.2, 0.25) is 0 Å². The Morgan fingerprint density at radius 1 is 1.47 bits per heavy atom. The Morgan fingerprint density at radius 3 is 2.60 bits per heavy atom. The number of rotatable bonds is 1. The van der Waals surface area contributed by atoms with Gasteiger partial charge in [-0.2, -0.15) is 0 Å². The lowest BCUT2D eigenvalue weighted by Gasteiger charge is -2.02. The molecule has 1 rings (SSSR count). The molecule has 0 fully saturated rings. The fourth-order valence-corrected chi connectivity index (χ4v) is 1.03. The van der Waals surface area contributed by atoms with Gasteiger partial charge in [0, 0.05) is 10.9 Å². The zero-order valence-electron chi connectivity index (χ0n) is 8.03. The zero-order chi connectivity index (χ0) is 11.3. The van der Waals surface area contributed by atoms with Crippen molar-refractivity contribution in [1.82, 2.24) is 0 Å². The molecule has 15 heavy (non-hydrogen) atoms. The lowest BCUT2D eigenvalue weighted by molar-refractivity contribution is -0.133. The molecule has 0 saturated heterocycles. The molecule has 1 atom stereocenters. The van der Waals surface area contributed by atoms with Gasteiger partial charge in [0.15, 0.2) is 0 Å². The Hall–Kier alpha value is -1.50. The second kappa shape index (κ2) is 5.40. The van der Waals surface area contributed by atoms with E-state index in [1.54, 1.807) is 24.3 Å². The lowest BCUT2D eigenvalue weighted by atomic mass is 10.1. The molecular weight excluding hydrogens is 216 g/mol. The van der Waals surface area contributed by atoms with Crippen LogP contribution in [0.3, 0.4) is 0 Å². The van der Waals surface area contributed by atoms with E-state index in [-0.39, 0.29) is 0 Å². The van der Waals surface area contributed by atoms with Crippen molar-refractivity contribution in [2.24, 2.45) is 0 Å². The van der Waals surface area contributed by atoms with Gasteiger partial charge in [-0.05, 0) is 17.7 Å². The summed E-state index contributed by atoms with van der Waals surface area (Å²) < 4.78 is 4.31. The second-order valence-corrected chi connectivity index (χ2v) is 3.15. The molecule has 1 unspecified atom stereocenters. The molecule has 0 bridgehead atoms. The molecule has 0 heterocycles. The van der Waals surface area contributed by atoms with E-state index in [1.165, 1.54) is 7.11 Å². The topological polar surface area (TPSA) is 46.5 Å². The minimum absolute atomic E-state index is 0.576. The number of hydrogen-bond donors (Lipinski definition) is 1. The molecule has 0 aliphatic rings. The van der Waals surface area contributed by atoms with Gasteiger partial charge in [-0.15, -0.1) is 0 Å². The fraction of sp³-hybridized carbons (Fsp3) is 0.182. The first-order valence-electron chi connectivity index (χ1n) is 4.16. The highest BCUT2D eigenvalue weighted by Crippen LogP contribution is 2.15. The summed E-state index contributed by atoms with van der Waals surface area (Å²) in [5, 5.41) is 10.1. The summed E-state index contributed by atoms with van der Waals surface area (Å²) in [6.45, 7) is 0. The Kier molecular flexibility index (Phi) is 4.17. The molecule has 0 aliphatic heterocycles. The monoisotopic (exact) mass is 224 g/mol. The number of halogens is 1. The van der Waals surface area contributed by atoms with Gasteiger partial charge in [0.25, 0.3) is 0 Å².